The fourth-order valence-electron chi connectivity index (χ4n) is 4.85. The molecule has 0 aromatic rings. The molecule has 9 nitrogen and oxygen atoms in total. The summed E-state index contributed by atoms with van der Waals surface area (Å²) in [5.74, 6) is -9.73. The normalized spacial score (nSPS) is 41.4. The third-order valence-electron chi connectivity index (χ3n) is 6.02. The van der Waals surface area contributed by atoms with Crippen LogP contribution in [0.4, 0.5) is 0 Å². The number of hydrogen-bond acceptors (Lipinski definition) is 6. The van der Waals surface area contributed by atoms with Crippen LogP contribution in [0.15, 0.2) is 0 Å². The van der Waals surface area contributed by atoms with Gasteiger partial charge in [-0.1, -0.05) is 0 Å². The van der Waals surface area contributed by atoms with Crippen LogP contribution in [0.2, 0.25) is 0 Å². The van der Waals surface area contributed by atoms with Crippen molar-refractivity contribution in [3.63, 3.8) is 0 Å². The van der Waals surface area contributed by atoms with Crippen molar-refractivity contribution in [3.8, 4) is 0 Å². The van der Waals surface area contributed by atoms with Crippen LogP contribution in [0.5, 0.6) is 0 Å². The molecular weight excluding hydrogens is 318 g/mol. The van der Waals surface area contributed by atoms with Gasteiger partial charge in [-0.2, -0.15) is 0 Å². The quantitative estimate of drug-likeness (QED) is 0.461. The molecule has 3 heterocycles. The Labute approximate surface area is 136 Å². The van der Waals surface area contributed by atoms with Gasteiger partial charge in [0.1, 0.15) is 0 Å². The number of imide groups is 3. The van der Waals surface area contributed by atoms with Gasteiger partial charge in [0.15, 0.2) is 0 Å². The molecule has 3 saturated heterocycles. The Bertz CT molecular complexity index is 588. The number of rotatable bonds is 0. The summed E-state index contributed by atoms with van der Waals surface area (Å²) in [4.78, 5) is 77.8. The van der Waals surface area contributed by atoms with Crippen molar-refractivity contribution < 1.29 is 28.8 Å². The van der Waals surface area contributed by atoms with Crippen molar-refractivity contribution in [1.82, 2.24) is 14.7 Å². The van der Waals surface area contributed by atoms with Gasteiger partial charge in [-0.15, -0.1) is 0 Å². The van der Waals surface area contributed by atoms with E-state index in [2.05, 4.69) is 0 Å². The fraction of sp³-hybridized carbons (Fsp3) is 0.600. The molecule has 0 radical (unpaired) electrons. The summed E-state index contributed by atoms with van der Waals surface area (Å²) in [6.07, 6.45) is 0. The maximum atomic E-state index is 12.5. The third kappa shape index (κ3) is 1.37. The molecule has 126 valence electrons. The maximum absolute atomic E-state index is 12.5. The van der Waals surface area contributed by atoms with Gasteiger partial charge in [0, 0.05) is 21.1 Å². The second-order valence-electron chi connectivity index (χ2n) is 6.86. The van der Waals surface area contributed by atoms with Crippen LogP contribution in [0, 0.1) is 35.5 Å². The van der Waals surface area contributed by atoms with E-state index >= 15 is 0 Å². The van der Waals surface area contributed by atoms with Crippen molar-refractivity contribution in [3.05, 3.63) is 0 Å². The molecule has 9 heteroatoms. The van der Waals surface area contributed by atoms with E-state index in [1.807, 2.05) is 0 Å². The lowest BCUT2D eigenvalue weighted by Gasteiger charge is -2.36. The average molecular weight is 333 g/mol. The molecule has 3 aliphatic heterocycles. The van der Waals surface area contributed by atoms with E-state index in [1.165, 1.54) is 21.1 Å². The predicted octanol–water partition coefficient (Wildman–Crippen LogP) is -2.31. The summed E-state index contributed by atoms with van der Waals surface area (Å²) in [5.41, 5.74) is 0. The lowest BCUT2D eigenvalue weighted by atomic mass is 9.59. The number of nitrogens with zero attached hydrogens (tertiary/aromatic N) is 3. The Morgan fingerprint density at radius 3 is 0.667 bits per heavy atom. The summed E-state index contributed by atoms with van der Waals surface area (Å²) in [6.45, 7) is 0. The zero-order valence-electron chi connectivity index (χ0n) is 13.3. The first-order chi connectivity index (χ1) is 11.2. The summed E-state index contributed by atoms with van der Waals surface area (Å²) in [5, 5.41) is 0. The van der Waals surface area contributed by atoms with E-state index in [0.717, 1.165) is 14.7 Å². The van der Waals surface area contributed by atoms with Gasteiger partial charge >= 0.3 is 0 Å². The van der Waals surface area contributed by atoms with Crippen LogP contribution >= 0.6 is 0 Å². The summed E-state index contributed by atoms with van der Waals surface area (Å²) < 4.78 is 0. The number of carbonyl (C=O) groups is 6. The van der Waals surface area contributed by atoms with Crippen LogP contribution in [0.25, 0.3) is 0 Å². The number of hydrogen-bond donors (Lipinski definition) is 0. The van der Waals surface area contributed by atoms with Crippen LogP contribution in [-0.4, -0.2) is 71.3 Å². The highest BCUT2D eigenvalue weighted by Crippen LogP contribution is 2.56. The second-order valence-corrected chi connectivity index (χ2v) is 6.86. The first-order valence-corrected chi connectivity index (χ1v) is 7.64. The van der Waals surface area contributed by atoms with Gasteiger partial charge in [-0.3, -0.25) is 43.5 Å². The van der Waals surface area contributed by atoms with Gasteiger partial charge in [0.05, 0.1) is 35.5 Å². The van der Waals surface area contributed by atoms with Gasteiger partial charge in [-0.05, 0) is 0 Å². The standard InChI is InChI=1S/C15H15N3O6/c1-16-10(19)4-5(11(16)20)7-9(15(24)18(3)13(7)22)8-6(4)12(21)17(2)14(8)23/h4-9H,1-3H3/t4-,5+,6-,7+,8-,9+. The van der Waals surface area contributed by atoms with Crippen molar-refractivity contribution in [2.45, 2.75) is 0 Å². The molecule has 24 heavy (non-hydrogen) atoms. The van der Waals surface area contributed by atoms with Crippen LogP contribution in [0.3, 0.4) is 0 Å². The van der Waals surface area contributed by atoms with E-state index in [4.69, 9.17) is 0 Å². The Balaban J connectivity index is 1.95. The zero-order valence-corrected chi connectivity index (χ0v) is 13.3. The van der Waals surface area contributed by atoms with E-state index in [9.17, 15) is 28.8 Å². The Morgan fingerprint density at radius 2 is 0.542 bits per heavy atom. The molecule has 0 N–H and O–H groups in total. The molecular formula is C15H15N3O6. The lowest BCUT2D eigenvalue weighted by molar-refractivity contribution is -0.146. The first-order valence-electron chi connectivity index (χ1n) is 7.64. The van der Waals surface area contributed by atoms with Gasteiger partial charge in [-0.25, -0.2) is 0 Å². The summed E-state index contributed by atoms with van der Waals surface area (Å²) in [6, 6.07) is 0. The van der Waals surface area contributed by atoms with E-state index in [1.54, 1.807) is 0 Å². The highest BCUT2D eigenvalue weighted by molar-refractivity contribution is 6.18. The molecule has 0 atom stereocenters. The maximum Gasteiger partial charge on any atom is 0.233 e. The fourth-order valence-corrected chi connectivity index (χ4v) is 4.85. The first kappa shape index (κ1) is 15.0. The van der Waals surface area contributed by atoms with Gasteiger partial charge in [0.25, 0.3) is 0 Å². The van der Waals surface area contributed by atoms with E-state index < -0.39 is 71.0 Å². The smallest absolute Gasteiger partial charge is 0.233 e. The van der Waals surface area contributed by atoms with Crippen LogP contribution < -0.4 is 0 Å². The van der Waals surface area contributed by atoms with E-state index in [0.29, 0.717) is 0 Å². The minimum atomic E-state index is -1.06. The number of amides is 6. The molecule has 0 aromatic heterocycles. The lowest BCUT2D eigenvalue weighted by Crippen LogP contribution is -2.50. The minimum absolute atomic E-state index is 0.565. The van der Waals surface area contributed by atoms with E-state index in [-0.39, 0.29) is 0 Å². The Morgan fingerprint density at radius 1 is 0.417 bits per heavy atom. The van der Waals surface area contributed by atoms with Crippen LogP contribution in [0.1, 0.15) is 0 Å². The van der Waals surface area contributed by atoms with Crippen molar-refractivity contribution in [1.29, 1.82) is 0 Å². The largest absolute Gasteiger partial charge is 0.285 e. The second kappa shape index (κ2) is 4.28. The predicted molar refractivity (Wildman–Crippen MR) is 74.3 cm³/mol. The summed E-state index contributed by atoms with van der Waals surface area (Å²) in [7, 11) is 3.88. The van der Waals surface area contributed by atoms with Crippen molar-refractivity contribution >= 4 is 35.4 Å². The molecule has 0 bridgehead atoms. The highest BCUT2D eigenvalue weighted by atomic mass is 16.2. The summed E-state index contributed by atoms with van der Waals surface area (Å²) >= 11 is 0. The molecule has 0 unspecified atom stereocenters. The van der Waals surface area contributed by atoms with Crippen LogP contribution in [-0.2, 0) is 28.8 Å². The Hall–Kier alpha value is -2.58. The van der Waals surface area contributed by atoms with Gasteiger partial charge < -0.3 is 0 Å². The monoisotopic (exact) mass is 333 g/mol. The molecule has 6 amide bonds. The molecule has 4 fully saturated rings. The number of fused-ring (bicyclic) bond motifs is 6. The third-order valence-corrected chi connectivity index (χ3v) is 6.02. The van der Waals surface area contributed by atoms with Crippen molar-refractivity contribution in [2.75, 3.05) is 21.1 Å². The molecule has 4 aliphatic rings. The number of likely N-dealkylation sites (tertiary alicyclic amines) is 3. The Kier molecular flexibility index (Phi) is 2.67. The van der Waals surface area contributed by atoms with Crippen molar-refractivity contribution in [2.24, 2.45) is 35.5 Å². The SMILES string of the molecule is CN1C(=O)[C@H]2[C@H]3C(=O)N(C)C(=O)[C@H]3[C@H]3C(=O)N(C)C(=O)[C@H]3[C@H]2C1=O. The topological polar surface area (TPSA) is 112 Å². The molecule has 1 aliphatic carbocycles. The zero-order chi connectivity index (χ0) is 17.7. The molecule has 1 saturated carbocycles. The average Bonchev–Trinajstić information content (AvgIpc) is 3.02. The van der Waals surface area contributed by atoms with Gasteiger partial charge in [0.2, 0.25) is 35.4 Å². The molecule has 0 spiro atoms. The highest BCUT2D eigenvalue weighted by Gasteiger charge is 2.72. The molecule has 4 rings (SSSR count). The number of carbonyl (C=O) groups excluding carboxylic acids is 6. The molecule has 0 aromatic carbocycles. The minimum Gasteiger partial charge on any atom is -0.285 e.